The number of phosphoric acid groups is 1. The first kappa shape index (κ1) is 75.6. The molecule has 0 aliphatic rings. The van der Waals surface area contributed by atoms with E-state index in [0.29, 0.717) is 25.7 Å². The monoisotopic (exact) mass is 1130 g/mol. The fourth-order valence-electron chi connectivity index (χ4n) is 7.90. The van der Waals surface area contributed by atoms with Crippen LogP contribution >= 0.6 is 7.82 Å². The van der Waals surface area contributed by atoms with Gasteiger partial charge in [0.1, 0.15) is 12.7 Å². The van der Waals surface area contributed by atoms with Crippen molar-refractivity contribution in [2.45, 2.75) is 251 Å². The summed E-state index contributed by atoms with van der Waals surface area (Å²) in [5.41, 5.74) is 0. The first-order chi connectivity index (χ1) is 39.2. The van der Waals surface area contributed by atoms with Crippen LogP contribution in [0.4, 0.5) is 0 Å². The summed E-state index contributed by atoms with van der Waals surface area (Å²) in [4.78, 5) is 48.7. The SMILES string of the molecule is CC/C=C\C/C=C\C/C=C\C/C=C\C/C=C\C/C=C\CCC(=O)OC(COC(=O)CCCCCCCCC/C=C\C/C=C\C/C=C\CC)COP(=O)(O)OCC(CO)OC(=O)CCCCCCCCC/C=C\C/C=C\CCCCC. The highest BCUT2D eigenvalue weighted by atomic mass is 31.2. The maximum absolute atomic E-state index is 12.9. The third-order valence-electron chi connectivity index (χ3n) is 12.6. The molecule has 0 fully saturated rings. The second-order valence-corrected chi connectivity index (χ2v) is 21.6. The van der Waals surface area contributed by atoms with Crippen LogP contribution in [0.25, 0.3) is 0 Å². The molecule has 2 N–H and O–H groups in total. The van der Waals surface area contributed by atoms with Gasteiger partial charge in [0.05, 0.1) is 19.8 Å². The Balaban J connectivity index is 4.85. The van der Waals surface area contributed by atoms with Crippen LogP contribution in [0, 0.1) is 0 Å². The van der Waals surface area contributed by atoms with Crippen LogP contribution in [-0.4, -0.2) is 66.5 Å². The van der Waals surface area contributed by atoms with Crippen LogP contribution in [0.2, 0.25) is 0 Å². The van der Waals surface area contributed by atoms with Crippen LogP contribution in [-0.2, 0) is 42.2 Å². The number of ether oxygens (including phenoxy) is 3. The predicted molar refractivity (Wildman–Crippen MR) is 334 cm³/mol. The Morgan fingerprint density at radius 1 is 0.362 bits per heavy atom. The van der Waals surface area contributed by atoms with Crippen LogP contribution in [0.3, 0.4) is 0 Å². The molecule has 0 amide bonds. The number of unbranched alkanes of at least 4 members (excludes halogenated alkanes) is 17. The minimum absolute atomic E-state index is 0.0328. The zero-order valence-corrected chi connectivity index (χ0v) is 51.1. The molecule has 0 aromatic heterocycles. The molecule has 80 heavy (non-hydrogen) atoms. The number of phosphoric ester groups is 1. The van der Waals surface area contributed by atoms with Gasteiger partial charge in [-0.1, -0.05) is 231 Å². The standard InChI is InChI=1S/C68H111O11P/c1-4-7-10-13-16-19-22-25-28-31-32-35-38-41-44-47-50-53-56-59-68(72)79-65(61-75-66(70)57-54-51-48-45-42-39-36-33-29-26-23-20-17-14-11-8-5-2)63-77-80(73,74)76-62-64(60-69)78-67(71)58-55-52-49-46-43-40-37-34-30-27-24-21-18-15-12-9-6-3/h7-8,10-11,16-21,25-30,32,35,41,44,50,53,64-65,69H,4-6,9,12-15,22-24,31,33-34,36-40,42-43,45-49,51-52,54-63H2,1-3H3,(H,73,74)/b10-7-,11-8-,19-16-,20-17-,21-18-,28-25-,29-26-,30-27-,35-32-,44-41-,53-50-. The predicted octanol–water partition coefficient (Wildman–Crippen LogP) is 18.9. The van der Waals surface area contributed by atoms with Gasteiger partial charge >= 0.3 is 25.7 Å². The van der Waals surface area contributed by atoms with E-state index >= 15 is 0 Å². The molecule has 12 heteroatoms. The van der Waals surface area contributed by atoms with Crippen molar-refractivity contribution < 1.29 is 52.2 Å². The van der Waals surface area contributed by atoms with Gasteiger partial charge in [-0.15, -0.1) is 0 Å². The number of hydrogen-bond acceptors (Lipinski definition) is 10. The van der Waals surface area contributed by atoms with Crippen molar-refractivity contribution in [3.8, 4) is 0 Å². The molecule has 3 unspecified atom stereocenters. The maximum atomic E-state index is 12.9. The van der Waals surface area contributed by atoms with Gasteiger partial charge in [-0.3, -0.25) is 23.4 Å². The lowest BCUT2D eigenvalue weighted by Crippen LogP contribution is -2.30. The highest BCUT2D eigenvalue weighted by Gasteiger charge is 2.28. The van der Waals surface area contributed by atoms with Crippen LogP contribution in [0.1, 0.15) is 239 Å². The summed E-state index contributed by atoms with van der Waals surface area (Å²) >= 11 is 0. The molecule has 0 saturated heterocycles. The van der Waals surface area contributed by atoms with Gasteiger partial charge in [0, 0.05) is 19.3 Å². The normalized spacial score (nSPS) is 14.2. The van der Waals surface area contributed by atoms with E-state index in [1.165, 1.54) is 44.9 Å². The van der Waals surface area contributed by atoms with E-state index in [4.69, 9.17) is 23.3 Å². The van der Waals surface area contributed by atoms with Gasteiger partial charge < -0.3 is 24.2 Å². The third-order valence-corrected chi connectivity index (χ3v) is 13.5. The highest BCUT2D eigenvalue weighted by Crippen LogP contribution is 2.43. The van der Waals surface area contributed by atoms with Gasteiger partial charge in [-0.05, 0) is 122 Å². The van der Waals surface area contributed by atoms with Crippen molar-refractivity contribution in [1.82, 2.24) is 0 Å². The van der Waals surface area contributed by atoms with Crippen molar-refractivity contribution in [3.05, 3.63) is 134 Å². The number of carbonyl (C=O) groups excluding carboxylic acids is 3. The summed E-state index contributed by atoms with van der Waals surface area (Å²) in [5.74, 6) is -1.60. The Morgan fingerprint density at radius 3 is 1.07 bits per heavy atom. The molecule has 3 atom stereocenters. The second kappa shape index (κ2) is 60.7. The van der Waals surface area contributed by atoms with E-state index < -0.39 is 57.8 Å². The molecule has 0 aliphatic carbocycles. The average molecular weight is 1140 g/mol. The Hall–Kier alpha value is -4.38. The Bertz CT molecular complexity index is 1850. The lowest BCUT2D eigenvalue weighted by Gasteiger charge is -2.21. The van der Waals surface area contributed by atoms with E-state index in [9.17, 15) is 28.9 Å². The van der Waals surface area contributed by atoms with E-state index in [-0.39, 0.29) is 25.9 Å². The molecule has 0 aliphatic heterocycles. The zero-order valence-electron chi connectivity index (χ0n) is 50.2. The summed E-state index contributed by atoms with van der Waals surface area (Å²) in [7, 11) is -4.79. The lowest BCUT2D eigenvalue weighted by molar-refractivity contribution is -0.161. The molecular weight excluding hydrogens is 1020 g/mol. The smallest absolute Gasteiger partial charge is 0.462 e. The number of aliphatic hydroxyl groups excluding tert-OH is 1. The largest absolute Gasteiger partial charge is 0.472 e. The molecule has 0 heterocycles. The van der Waals surface area contributed by atoms with Gasteiger partial charge in [-0.2, -0.15) is 0 Å². The fraction of sp³-hybridized carbons (Fsp3) is 0.632. The summed E-state index contributed by atoms with van der Waals surface area (Å²) in [6.07, 6.45) is 77.0. The highest BCUT2D eigenvalue weighted by molar-refractivity contribution is 7.47. The molecule has 11 nitrogen and oxygen atoms in total. The van der Waals surface area contributed by atoms with Gasteiger partial charge in [-0.25, -0.2) is 4.57 Å². The van der Waals surface area contributed by atoms with Crippen molar-refractivity contribution in [1.29, 1.82) is 0 Å². The summed E-state index contributed by atoms with van der Waals surface area (Å²) in [5, 5.41) is 9.85. The maximum Gasteiger partial charge on any atom is 0.472 e. The molecule has 0 saturated carbocycles. The Kier molecular flexibility index (Phi) is 57.4. The Morgan fingerprint density at radius 2 is 0.675 bits per heavy atom. The van der Waals surface area contributed by atoms with Gasteiger partial charge in [0.15, 0.2) is 6.10 Å². The molecule has 0 aromatic carbocycles. The van der Waals surface area contributed by atoms with Crippen molar-refractivity contribution in [3.63, 3.8) is 0 Å². The molecule has 0 spiro atoms. The van der Waals surface area contributed by atoms with Crippen LogP contribution < -0.4 is 0 Å². The number of rotatable bonds is 56. The average Bonchev–Trinajstić information content (AvgIpc) is 3.45. The van der Waals surface area contributed by atoms with E-state index in [2.05, 4.69) is 142 Å². The van der Waals surface area contributed by atoms with Crippen LogP contribution in [0.15, 0.2) is 134 Å². The number of hydrogen-bond donors (Lipinski definition) is 2. The number of allylic oxidation sites excluding steroid dienone is 22. The third kappa shape index (κ3) is 58.3. The number of aliphatic hydroxyl groups is 1. The zero-order chi connectivity index (χ0) is 58.3. The Labute approximate surface area is 487 Å². The van der Waals surface area contributed by atoms with Gasteiger partial charge in [0.25, 0.3) is 0 Å². The van der Waals surface area contributed by atoms with Crippen LogP contribution in [0.5, 0.6) is 0 Å². The molecule has 0 bridgehead atoms. The quantitative estimate of drug-likeness (QED) is 0.0197. The topological polar surface area (TPSA) is 155 Å². The van der Waals surface area contributed by atoms with E-state index in [0.717, 1.165) is 128 Å². The van der Waals surface area contributed by atoms with Gasteiger partial charge in [0.2, 0.25) is 0 Å². The molecular formula is C68H111O11P. The summed E-state index contributed by atoms with van der Waals surface area (Å²) in [6, 6.07) is 0. The molecule has 454 valence electrons. The second-order valence-electron chi connectivity index (χ2n) is 20.1. The minimum Gasteiger partial charge on any atom is -0.462 e. The molecule has 0 aromatic rings. The van der Waals surface area contributed by atoms with Crippen molar-refractivity contribution in [2.24, 2.45) is 0 Å². The number of carbonyl (C=O) groups is 3. The number of esters is 3. The van der Waals surface area contributed by atoms with Crippen molar-refractivity contribution >= 4 is 25.7 Å². The fourth-order valence-corrected chi connectivity index (χ4v) is 8.68. The minimum atomic E-state index is -4.79. The van der Waals surface area contributed by atoms with E-state index in [1.807, 2.05) is 12.2 Å². The van der Waals surface area contributed by atoms with Crippen molar-refractivity contribution in [2.75, 3.05) is 26.4 Å². The summed E-state index contributed by atoms with van der Waals surface area (Å²) in [6.45, 7) is 4.29. The molecule has 0 radical (unpaired) electrons. The first-order valence-corrected chi connectivity index (χ1v) is 32.6. The molecule has 0 rings (SSSR count). The summed E-state index contributed by atoms with van der Waals surface area (Å²) < 4.78 is 39.5. The lowest BCUT2D eigenvalue weighted by atomic mass is 10.1. The van der Waals surface area contributed by atoms with E-state index in [1.54, 1.807) is 0 Å². The first-order valence-electron chi connectivity index (χ1n) is 31.1.